The Morgan fingerprint density at radius 2 is 1.69 bits per heavy atom. The molecule has 0 saturated carbocycles. The number of carbonyl (C=O) groups is 2. The molecule has 6 rings (SSSR count). The number of hydrogen-bond donors (Lipinski definition) is 2. The van der Waals surface area contributed by atoms with Gasteiger partial charge >= 0.3 is 0 Å². The zero-order valence-electron chi connectivity index (χ0n) is 21.3. The number of hydrogen-bond acceptors (Lipinski definition) is 7. The largest absolute Gasteiger partial charge is 0.379 e. The highest BCUT2D eigenvalue weighted by atomic mass is 19.1. The fraction of sp³-hybridized carbons (Fsp3) is 0.357. The highest BCUT2D eigenvalue weighted by molar-refractivity contribution is 6.03. The van der Waals surface area contributed by atoms with E-state index in [1.807, 2.05) is 29.2 Å². The van der Waals surface area contributed by atoms with E-state index in [1.54, 1.807) is 0 Å². The third-order valence-electron chi connectivity index (χ3n) is 7.48. The second-order valence-corrected chi connectivity index (χ2v) is 9.86. The minimum atomic E-state index is -0.789. The summed E-state index contributed by atoms with van der Waals surface area (Å²) in [6.07, 6.45) is 0.756. The van der Waals surface area contributed by atoms with Crippen molar-refractivity contribution in [1.82, 2.24) is 25.1 Å². The molecule has 1 aromatic heterocycles. The predicted octanol–water partition coefficient (Wildman–Crippen LogP) is 3.06. The average molecular weight is 535 g/mol. The van der Waals surface area contributed by atoms with Crippen LogP contribution in [0.3, 0.4) is 0 Å². The van der Waals surface area contributed by atoms with Gasteiger partial charge in [0.1, 0.15) is 23.0 Å². The van der Waals surface area contributed by atoms with Crippen molar-refractivity contribution in [3.63, 3.8) is 0 Å². The Bertz CT molecular complexity index is 1390. The van der Waals surface area contributed by atoms with Crippen LogP contribution in [-0.4, -0.2) is 77.5 Å². The van der Waals surface area contributed by atoms with Gasteiger partial charge in [-0.15, -0.1) is 0 Å². The molecule has 3 aliphatic heterocycles. The molecule has 0 aliphatic carbocycles. The smallest absolute Gasteiger partial charge is 0.257 e. The van der Waals surface area contributed by atoms with E-state index in [9.17, 15) is 18.4 Å². The Morgan fingerprint density at radius 3 is 2.44 bits per heavy atom. The Labute approximate surface area is 224 Å². The van der Waals surface area contributed by atoms with E-state index in [1.165, 1.54) is 6.07 Å². The van der Waals surface area contributed by atoms with E-state index in [4.69, 9.17) is 4.74 Å². The van der Waals surface area contributed by atoms with Crippen LogP contribution in [0.5, 0.6) is 0 Å². The topological polar surface area (TPSA) is 99.7 Å². The van der Waals surface area contributed by atoms with Crippen molar-refractivity contribution in [2.45, 2.75) is 18.9 Å². The van der Waals surface area contributed by atoms with Gasteiger partial charge < -0.3 is 20.3 Å². The maximum absolute atomic E-state index is 14.5. The van der Waals surface area contributed by atoms with Crippen molar-refractivity contribution in [3.8, 4) is 11.4 Å². The molecule has 1 atom stereocenters. The number of rotatable bonds is 7. The third kappa shape index (κ3) is 5.07. The Kier molecular flexibility index (Phi) is 6.92. The predicted molar refractivity (Wildman–Crippen MR) is 139 cm³/mol. The summed E-state index contributed by atoms with van der Waals surface area (Å²) in [5.41, 5.74) is 1.78. The van der Waals surface area contributed by atoms with Crippen LogP contribution in [-0.2, 0) is 16.1 Å². The van der Waals surface area contributed by atoms with Gasteiger partial charge in [0.05, 0.1) is 36.9 Å². The van der Waals surface area contributed by atoms with E-state index in [2.05, 4.69) is 25.5 Å². The van der Waals surface area contributed by atoms with Crippen molar-refractivity contribution in [1.29, 1.82) is 0 Å². The molecule has 2 amide bonds. The second-order valence-electron chi connectivity index (χ2n) is 9.86. The van der Waals surface area contributed by atoms with E-state index in [0.29, 0.717) is 17.9 Å². The first-order valence-electron chi connectivity index (χ1n) is 13.1. The van der Waals surface area contributed by atoms with Crippen molar-refractivity contribution in [2.24, 2.45) is 0 Å². The number of amides is 2. The standard InChI is InChI=1S/C28H28F2N6O3/c29-20-2-1-3-21(30)23(20)25-33-22-16-31-27(37)24(22)26(34-25)32-18-6-4-17(5-7-18)19-8-9-36(28(19)38)11-10-35-12-14-39-15-13-35/h1-7,19H,8-16H2,(H,31,37)(H,32,33,34)/t19-/m1/s1. The summed E-state index contributed by atoms with van der Waals surface area (Å²) < 4.78 is 34.3. The summed E-state index contributed by atoms with van der Waals surface area (Å²) in [5.74, 6) is -2.00. The quantitative estimate of drug-likeness (QED) is 0.481. The number of carbonyl (C=O) groups excluding carboxylic acids is 2. The highest BCUT2D eigenvalue weighted by Crippen LogP contribution is 2.32. The van der Waals surface area contributed by atoms with Gasteiger partial charge in [0.2, 0.25) is 5.91 Å². The summed E-state index contributed by atoms with van der Waals surface area (Å²) in [6.45, 7) is 5.69. The number of likely N-dealkylation sites (tertiary alicyclic amines) is 1. The molecule has 11 heteroatoms. The third-order valence-corrected chi connectivity index (χ3v) is 7.48. The molecule has 3 aliphatic rings. The number of ether oxygens (including phenoxy) is 1. The molecule has 0 bridgehead atoms. The molecule has 2 aromatic carbocycles. The number of morpholine rings is 1. The van der Waals surface area contributed by atoms with E-state index >= 15 is 0 Å². The number of benzene rings is 2. The van der Waals surface area contributed by atoms with E-state index in [0.717, 1.165) is 63.5 Å². The first-order valence-corrected chi connectivity index (χ1v) is 13.1. The number of nitrogens with zero attached hydrogens (tertiary/aromatic N) is 4. The zero-order chi connectivity index (χ0) is 26.9. The van der Waals surface area contributed by atoms with Crippen molar-refractivity contribution in [3.05, 3.63) is 70.9 Å². The number of nitrogens with one attached hydrogen (secondary N) is 2. The van der Waals surface area contributed by atoms with Crippen molar-refractivity contribution < 1.29 is 23.1 Å². The summed E-state index contributed by atoms with van der Waals surface area (Å²) in [6, 6.07) is 10.9. The lowest BCUT2D eigenvalue weighted by Gasteiger charge is -2.28. The lowest BCUT2D eigenvalue weighted by Crippen LogP contribution is -2.42. The Morgan fingerprint density at radius 1 is 0.949 bits per heavy atom. The van der Waals surface area contributed by atoms with E-state index < -0.39 is 11.6 Å². The molecule has 4 heterocycles. The molecule has 9 nitrogen and oxygen atoms in total. The van der Waals surface area contributed by atoms with Crippen LogP contribution in [0, 0.1) is 11.6 Å². The maximum Gasteiger partial charge on any atom is 0.257 e. The van der Waals surface area contributed by atoms with Crippen molar-refractivity contribution >= 4 is 23.3 Å². The molecule has 2 fully saturated rings. The van der Waals surface area contributed by atoms with Gasteiger partial charge in [-0.1, -0.05) is 18.2 Å². The Hall–Kier alpha value is -3.96. The number of anilines is 2. The molecular weight excluding hydrogens is 506 g/mol. The lowest BCUT2D eigenvalue weighted by atomic mass is 9.97. The second kappa shape index (κ2) is 10.7. The maximum atomic E-state index is 14.5. The summed E-state index contributed by atoms with van der Waals surface area (Å²) in [7, 11) is 0. The fourth-order valence-corrected chi connectivity index (χ4v) is 5.33. The number of halogens is 2. The van der Waals surface area contributed by atoms with Crippen LogP contribution in [0.1, 0.15) is 34.0 Å². The van der Waals surface area contributed by atoms with Gasteiger partial charge in [-0.3, -0.25) is 14.5 Å². The van der Waals surface area contributed by atoms with Crippen LogP contribution < -0.4 is 10.6 Å². The first-order chi connectivity index (χ1) is 19.0. The molecule has 202 valence electrons. The molecule has 39 heavy (non-hydrogen) atoms. The van der Waals surface area contributed by atoms with Crippen LogP contribution in [0.25, 0.3) is 11.4 Å². The van der Waals surface area contributed by atoms with E-state index in [-0.39, 0.29) is 47.0 Å². The SMILES string of the molecule is O=C1NCc2nc(-c3c(F)cccc3F)nc(Nc3ccc([C@H]4CCN(CCN5CCOCC5)C4=O)cc3)c21. The first kappa shape index (κ1) is 25.3. The van der Waals surface area contributed by atoms with Gasteiger partial charge in [0, 0.05) is 38.4 Å². The highest BCUT2D eigenvalue weighted by Gasteiger charge is 2.33. The summed E-state index contributed by atoms with van der Waals surface area (Å²) in [5, 5.41) is 5.80. The van der Waals surface area contributed by atoms with Crippen LogP contribution >= 0.6 is 0 Å². The molecule has 0 unspecified atom stereocenters. The minimum absolute atomic E-state index is 0.130. The lowest BCUT2D eigenvalue weighted by molar-refractivity contribution is -0.129. The fourth-order valence-electron chi connectivity index (χ4n) is 5.33. The Balaban J connectivity index is 1.18. The van der Waals surface area contributed by atoms with Crippen molar-refractivity contribution in [2.75, 3.05) is 51.3 Å². The van der Waals surface area contributed by atoms with Crippen LogP contribution in [0.4, 0.5) is 20.3 Å². The molecule has 2 N–H and O–H groups in total. The minimum Gasteiger partial charge on any atom is -0.379 e. The van der Waals surface area contributed by atoms with Gasteiger partial charge in [-0.05, 0) is 36.2 Å². The molecular formula is C28H28F2N6O3. The van der Waals surface area contributed by atoms with Gasteiger partial charge in [0.25, 0.3) is 5.91 Å². The molecule has 0 radical (unpaired) electrons. The molecule has 0 spiro atoms. The monoisotopic (exact) mass is 534 g/mol. The normalized spacial score (nSPS) is 19.3. The van der Waals surface area contributed by atoms with Crippen LogP contribution in [0.15, 0.2) is 42.5 Å². The average Bonchev–Trinajstić information content (AvgIpc) is 3.50. The number of aromatic nitrogens is 2. The zero-order valence-corrected chi connectivity index (χ0v) is 21.3. The molecule has 3 aromatic rings. The summed E-state index contributed by atoms with van der Waals surface area (Å²) in [4.78, 5) is 38.4. The summed E-state index contributed by atoms with van der Waals surface area (Å²) >= 11 is 0. The van der Waals surface area contributed by atoms with Gasteiger partial charge in [0.15, 0.2) is 5.82 Å². The number of fused-ring (bicyclic) bond motifs is 1. The van der Waals surface area contributed by atoms with Crippen LogP contribution in [0.2, 0.25) is 0 Å². The molecule has 2 saturated heterocycles. The van der Waals surface area contributed by atoms with Gasteiger partial charge in [-0.25, -0.2) is 18.7 Å². The van der Waals surface area contributed by atoms with Gasteiger partial charge in [-0.2, -0.15) is 0 Å².